The van der Waals surface area contributed by atoms with Crippen LogP contribution in [0.1, 0.15) is 15.9 Å². The summed E-state index contributed by atoms with van der Waals surface area (Å²) in [5, 5.41) is -0.567. The summed E-state index contributed by atoms with van der Waals surface area (Å²) >= 11 is 5.58. The predicted octanol–water partition coefficient (Wildman–Crippen LogP) is 3.57. The zero-order chi connectivity index (χ0) is 23.0. The highest BCUT2D eigenvalue weighted by Gasteiger charge is 2.36. The Balaban J connectivity index is 1.72. The van der Waals surface area contributed by atoms with Crippen molar-refractivity contribution in [1.29, 1.82) is 0 Å². The molecule has 11 heteroatoms. The summed E-state index contributed by atoms with van der Waals surface area (Å²) < 4.78 is 66.0. The molecule has 1 saturated heterocycles. The molecule has 1 aliphatic heterocycles. The van der Waals surface area contributed by atoms with Crippen molar-refractivity contribution in [2.45, 2.75) is 11.1 Å². The van der Waals surface area contributed by atoms with Gasteiger partial charge in [0.15, 0.2) is 0 Å². The fourth-order valence-corrected chi connectivity index (χ4v) is 4.92. The van der Waals surface area contributed by atoms with Crippen LogP contribution >= 0.6 is 11.6 Å². The second kappa shape index (κ2) is 8.68. The van der Waals surface area contributed by atoms with Crippen molar-refractivity contribution < 1.29 is 26.4 Å². The molecule has 2 aromatic carbocycles. The van der Waals surface area contributed by atoms with Crippen molar-refractivity contribution in [3.8, 4) is 0 Å². The molecular weight excluding hydrogens is 455 g/mol. The normalized spacial score (nSPS) is 15.7. The Bertz CT molecular complexity index is 1070. The fraction of sp³-hybridized carbons (Fsp3) is 0.350. The average Bonchev–Trinajstić information content (AvgIpc) is 2.72. The quantitative estimate of drug-likeness (QED) is 0.678. The molecule has 2 aromatic rings. The minimum Gasteiger partial charge on any atom is -0.378 e. The molecular formula is C20H21ClF3N3O3S. The van der Waals surface area contributed by atoms with Crippen LogP contribution in [0.4, 0.5) is 18.9 Å². The van der Waals surface area contributed by atoms with Gasteiger partial charge in [0.1, 0.15) is 0 Å². The average molecular weight is 476 g/mol. The number of anilines is 1. The summed E-state index contributed by atoms with van der Waals surface area (Å²) in [7, 11) is -0.392. The third kappa shape index (κ3) is 4.97. The van der Waals surface area contributed by atoms with Crippen molar-refractivity contribution in [1.82, 2.24) is 9.21 Å². The molecule has 6 nitrogen and oxygen atoms in total. The Morgan fingerprint density at radius 3 is 2.10 bits per heavy atom. The van der Waals surface area contributed by atoms with Crippen LogP contribution in [0.3, 0.4) is 0 Å². The number of amides is 1. The van der Waals surface area contributed by atoms with Crippen molar-refractivity contribution in [3.05, 3.63) is 58.6 Å². The molecule has 0 saturated carbocycles. The highest BCUT2D eigenvalue weighted by molar-refractivity contribution is 7.89. The topological polar surface area (TPSA) is 60.9 Å². The van der Waals surface area contributed by atoms with Gasteiger partial charge in [-0.1, -0.05) is 11.6 Å². The Kier molecular flexibility index (Phi) is 6.54. The summed E-state index contributed by atoms with van der Waals surface area (Å²) in [5.74, 6) is -0.229. The van der Waals surface area contributed by atoms with Crippen molar-refractivity contribution >= 4 is 33.2 Å². The van der Waals surface area contributed by atoms with Gasteiger partial charge in [0.25, 0.3) is 5.91 Å². The monoisotopic (exact) mass is 475 g/mol. The Hall–Kier alpha value is -2.30. The van der Waals surface area contributed by atoms with E-state index in [2.05, 4.69) is 0 Å². The van der Waals surface area contributed by atoms with Crippen LogP contribution < -0.4 is 4.90 Å². The minimum atomic E-state index is -4.77. The standard InChI is InChI=1S/C20H21ClF3N3O3S/c1-25(2)15-5-3-14(4-6-15)19(28)26-9-11-27(12-10-26)31(29,30)16-7-8-18(21)17(13-16)20(22,23)24/h3-8,13H,9-12H2,1-2H3. The van der Waals surface area contributed by atoms with Crippen LogP contribution in [-0.2, 0) is 16.2 Å². The molecule has 168 valence electrons. The lowest BCUT2D eigenvalue weighted by atomic mass is 10.1. The lowest BCUT2D eigenvalue weighted by Gasteiger charge is -2.34. The first-order valence-electron chi connectivity index (χ1n) is 9.35. The first kappa shape index (κ1) is 23.4. The van der Waals surface area contributed by atoms with E-state index in [1.54, 1.807) is 12.1 Å². The lowest BCUT2D eigenvalue weighted by molar-refractivity contribution is -0.137. The first-order valence-corrected chi connectivity index (χ1v) is 11.2. The molecule has 3 rings (SSSR count). The molecule has 1 aliphatic rings. The van der Waals surface area contributed by atoms with Crippen LogP contribution in [0.5, 0.6) is 0 Å². The van der Waals surface area contributed by atoms with Gasteiger partial charge in [0.2, 0.25) is 10.0 Å². The van der Waals surface area contributed by atoms with E-state index < -0.39 is 31.7 Å². The number of halogens is 4. The van der Waals surface area contributed by atoms with Gasteiger partial charge in [-0.2, -0.15) is 17.5 Å². The summed E-state index contributed by atoms with van der Waals surface area (Å²) in [4.78, 5) is 15.7. The summed E-state index contributed by atoms with van der Waals surface area (Å²) in [6.07, 6.45) is -4.77. The largest absolute Gasteiger partial charge is 0.417 e. The Labute approximate surface area is 183 Å². The molecule has 31 heavy (non-hydrogen) atoms. The van der Waals surface area contributed by atoms with Crippen molar-refractivity contribution in [2.24, 2.45) is 0 Å². The highest BCUT2D eigenvalue weighted by Crippen LogP contribution is 2.36. The number of piperazine rings is 1. The maximum absolute atomic E-state index is 13.1. The number of hydrogen-bond acceptors (Lipinski definition) is 4. The van der Waals surface area contributed by atoms with Gasteiger partial charge in [-0.3, -0.25) is 4.79 Å². The van der Waals surface area contributed by atoms with E-state index >= 15 is 0 Å². The maximum atomic E-state index is 13.1. The van der Waals surface area contributed by atoms with Crippen LogP contribution in [0, 0.1) is 0 Å². The molecule has 0 atom stereocenters. The molecule has 1 amide bonds. The van der Waals surface area contributed by atoms with Gasteiger partial charge >= 0.3 is 6.18 Å². The van der Waals surface area contributed by atoms with Gasteiger partial charge < -0.3 is 9.80 Å². The molecule has 0 radical (unpaired) electrons. The SMILES string of the molecule is CN(C)c1ccc(C(=O)N2CCN(S(=O)(=O)c3ccc(Cl)c(C(F)(F)F)c3)CC2)cc1. The Morgan fingerprint density at radius 2 is 1.58 bits per heavy atom. The zero-order valence-electron chi connectivity index (χ0n) is 16.9. The van der Waals surface area contributed by atoms with Crippen LogP contribution in [-0.4, -0.2) is 63.8 Å². The van der Waals surface area contributed by atoms with Crippen LogP contribution in [0.2, 0.25) is 5.02 Å². The van der Waals surface area contributed by atoms with E-state index in [1.807, 2.05) is 31.1 Å². The summed E-state index contributed by atoms with van der Waals surface area (Å²) in [5.41, 5.74) is 0.216. The first-order chi connectivity index (χ1) is 14.4. The summed E-state index contributed by atoms with van der Waals surface area (Å²) in [6.45, 7) is 0.224. The predicted molar refractivity (Wildman–Crippen MR) is 112 cm³/mol. The molecule has 1 fully saturated rings. The number of sulfonamides is 1. The minimum absolute atomic E-state index is 0.0200. The second-order valence-electron chi connectivity index (χ2n) is 7.28. The molecule has 0 bridgehead atoms. The van der Waals surface area contributed by atoms with E-state index in [0.29, 0.717) is 11.6 Å². The van der Waals surface area contributed by atoms with Gasteiger partial charge in [-0.05, 0) is 42.5 Å². The number of alkyl halides is 3. The van der Waals surface area contributed by atoms with E-state index in [1.165, 1.54) is 4.90 Å². The molecule has 0 spiro atoms. The van der Waals surface area contributed by atoms with E-state index in [-0.39, 0.29) is 32.1 Å². The third-order valence-corrected chi connectivity index (χ3v) is 7.26. The number of carbonyl (C=O) groups excluding carboxylic acids is 1. The smallest absolute Gasteiger partial charge is 0.378 e. The van der Waals surface area contributed by atoms with Crippen molar-refractivity contribution in [2.75, 3.05) is 45.2 Å². The van der Waals surface area contributed by atoms with E-state index in [4.69, 9.17) is 11.6 Å². The maximum Gasteiger partial charge on any atom is 0.417 e. The number of rotatable bonds is 4. The molecule has 1 heterocycles. The van der Waals surface area contributed by atoms with Gasteiger partial charge in [0, 0.05) is 51.5 Å². The Morgan fingerprint density at radius 1 is 1.00 bits per heavy atom. The molecule has 0 N–H and O–H groups in total. The number of carbonyl (C=O) groups is 1. The van der Waals surface area contributed by atoms with E-state index in [0.717, 1.165) is 22.1 Å². The zero-order valence-corrected chi connectivity index (χ0v) is 18.4. The van der Waals surface area contributed by atoms with Crippen LogP contribution in [0.25, 0.3) is 0 Å². The second-order valence-corrected chi connectivity index (χ2v) is 9.62. The molecule has 0 unspecified atom stereocenters. The number of hydrogen-bond donors (Lipinski definition) is 0. The molecule has 0 aromatic heterocycles. The number of nitrogens with zero attached hydrogens (tertiary/aromatic N) is 3. The van der Waals surface area contributed by atoms with E-state index in [9.17, 15) is 26.4 Å². The van der Waals surface area contributed by atoms with Gasteiger partial charge in [-0.25, -0.2) is 8.42 Å². The van der Waals surface area contributed by atoms with Gasteiger partial charge in [-0.15, -0.1) is 0 Å². The highest BCUT2D eigenvalue weighted by atomic mass is 35.5. The van der Waals surface area contributed by atoms with Crippen molar-refractivity contribution in [3.63, 3.8) is 0 Å². The fourth-order valence-electron chi connectivity index (χ4n) is 3.25. The number of benzene rings is 2. The van der Waals surface area contributed by atoms with Crippen LogP contribution in [0.15, 0.2) is 47.4 Å². The lowest BCUT2D eigenvalue weighted by Crippen LogP contribution is -2.50. The third-order valence-electron chi connectivity index (χ3n) is 5.04. The summed E-state index contributed by atoms with van der Waals surface area (Å²) in [6, 6.07) is 9.55. The van der Waals surface area contributed by atoms with Gasteiger partial charge in [0.05, 0.1) is 15.5 Å². The molecule has 0 aliphatic carbocycles.